The minimum Gasteiger partial charge on any atom is -0.481 e. The van der Waals surface area contributed by atoms with Gasteiger partial charge >= 0.3 is 17.9 Å². The first-order valence-corrected chi connectivity index (χ1v) is 7.33. The molecule has 146 valence electrons. The van der Waals surface area contributed by atoms with E-state index in [0.29, 0.717) is 0 Å². The third kappa shape index (κ3) is 12.8. The highest BCUT2D eigenvalue weighted by Gasteiger charge is 2.32. The second-order valence-corrected chi connectivity index (χ2v) is 5.86. The summed E-state index contributed by atoms with van der Waals surface area (Å²) in [4.78, 5) is 41.3. The van der Waals surface area contributed by atoms with E-state index in [4.69, 9.17) is 26.2 Å². The lowest BCUT2D eigenvalue weighted by Gasteiger charge is -2.26. The second kappa shape index (κ2) is 12.2. The van der Waals surface area contributed by atoms with Crippen molar-refractivity contribution in [1.29, 1.82) is 0 Å². The number of carbonyl (C=O) groups excluding carboxylic acids is 1. The van der Waals surface area contributed by atoms with Gasteiger partial charge in [-0.2, -0.15) is 0 Å². The van der Waals surface area contributed by atoms with Crippen LogP contribution in [0.4, 0.5) is 0 Å². The average molecular weight is 366 g/mol. The highest BCUT2D eigenvalue weighted by Crippen LogP contribution is 2.19. The van der Waals surface area contributed by atoms with Crippen LogP contribution in [0.3, 0.4) is 0 Å². The molecular formula is C14H26N2O9. The fraction of sp³-hybridized carbons (Fsp3) is 0.714. The van der Waals surface area contributed by atoms with Crippen molar-refractivity contribution < 1.29 is 44.7 Å². The molecule has 0 bridgehead atoms. The number of carboxylic acid groups (broad SMARTS) is 3. The van der Waals surface area contributed by atoms with Crippen LogP contribution in [0, 0.1) is 5.41 Å². The SMILES string of the molecule is CC(C)(CO)[C@@H](O)C(=O)NCCC(=O)O.N[C@@H](CCC(=O)O)C(=O)O. The first kappa shape index (κ1) is 25.0. The Morgan fingerprint density at radius 3 is 1.88 bits per heavy atom. The number of amides is 1. The molecule has 0 saturated carbocycles. The van der Waals surface area contributed by atoms with E-state index in [0.717, 1.165) is 0 Å². The highest BCUT2D eigenvalue weighted by atomic mass is 16.4. The number of aliphatic hydroxyl groups excluding tert-OH is 2. The molecule has 0 radical (unpaired) electrons. The van der Waals surface area contributed by atoms with Crippen LogP contribution in [-0.4, -0.2) is 74.6 Å². The predicted octanol–water partition coefficient (Wildman–Crippen LogP) is -1.78. The summed E-state index contributed by atoms with van der Waals surface area (Å²) < 4.78 is 0. The normalized spacial score (nSPS) is 13.0. The Bertz CT molecular complexity index is 465. The summed E-state index contributed by atoms with van der Waals surface area (Å²) in [5, 5.41) is 45.2. The van der Waals surface area contributed by atoms with Crippen molar-refractivity contribution in [1.82, 2.24) is 5.32 Å². The molecule has 0 aromatic rings. The van der Waals surface area contributed by atoms with Crippen molar-refractivity contribution in [2.24, 2.45) is 11.1 Å². The largest absolute Gasteiger partial charge is 0.481 e. The van der Waals surface area contributed by atoms with E-state index in [1.54, 1.807) is 0 Å². The number of nitrogens with one attached hydrogen (secondary N) is 1. The van der Waals surface area contributed by atoms with Gasteiger partial charge in [0.2, 0.25) is 5.91 Å². The lowest BCUT2D eigenvalue weighted by Crippen LogP contribution is -2.45. The van der Waals surface area contributed by atoms with Crippen molar-refractivity contribution in [3.05, 3.63) is 0 Å². The molecule has 1 amide bonds. The standard InChI is InChI=1S/C9H17NO5.C5H9NO4/c1-9(2,5-11)7(14)8(15)10-4-3-6(12)13;6-3(5(9)10)1-2-4(7)8/h7,11,14H,3-5H2,1-2H3,(H,10,15)(H,12,13);3H,1-2,6H2,(H,7,8)(H,9,10)/t7-;3-/m00/s1. The number of aliphatic hydroxyl groups is 2. The number of carbonyl (C=O) groups is 4. The lowest BCUT2D eigenvalue weighted by atomic mass is 9.87. The fourth-order valence-corrected chi connectivity index (χ4v) is 1.23. The van der Waals surface area contributed by atoms with Gasteiger partial charge in [0, 0.05) is 18.4 Å². The van der Waals surface area contributed by atoms with Crippen LogP contribution in [0.25, 0.3) is 0 Å². The van der Waals surface area contributed by atoms with E-state index in [-0.39, 0.29) is 32.4 Å². The van der Waals surface area contributed by atoms with Gasteiger partial charge in [0.15, 0.2) is 0 Å². The van der Waals surface area contributed by atoms with Crippen molar-refractivity contribution in [3.63, 3.8) is 0 Å². The first-order valence-electron chi connectivity index (χ1n) is 7.33. The molecule has 0 unspecified atom stereocenters. The van der Waals surface area contributed by atoms with Gasteiger partial charge in [0.1, 0.15) is 12.1 Å². The topological polar surface area (TPSA) is 207 Å². The maximum Gasteiger partial charge on any atom is 0.320 e. The van der Waals surface area contributed by atoms with Gasteiger partial charge in [-0.1, -0.05) is 13.8 Å². The molecule has 0 aliphatic rings. The highest BCUT2D eigenvalue weighted by molar-refractivity contribution is 5.81. The van der Waals surface area contributed by atoms with E-state index >= 15 is 0 Å². The van der Waals surface area contributed by atoms with Crippen LogP contribution in [0.1, 0.15) is 33.1 Å². The van der Waals surface area contributed by atoms with E-state index in [2.05, 4.69) is 5.32 Å². The zero-order valence-electron chi connectivity index (χ0n) is 14.1. The molecule has 2 atom stereocenters. The number of carboxylic acids is 3. The maximum absolute atomic E-state index is 11.3. The minimum atomic E-state index is -1.35. The Morgan fingerprint density at radius 2 is 1.52 bits per heavy atom. The molecule has 0 rings (SSSR count). The molecule has 8 N–H and O–H groups in total. The van der Waals surface area contributed by atoms with Gasteiger partial charge < -0.3 is 36.6 Å². The molecule has 0 saturated heterocycles. The van der Waals surface area contributed by atoms with Gasteiger partial charge in [-0.05, 0) is 6.42 Å². The number of hydrogen-bond donors (Lipinski definition) is 7. The van der Waals surface area contributed by atoms with Gasteiger partial charge in [-0.25, -0.2) is 0 Å². The third-order valence-corrected chi connectivity index (χ3v) is 3.02. The molecule has 25 heavy (non-hydrogen) atoms. The molecule has 0 heterocycles. The van der Waals surface area contributed by atoms with E-state index < -0.39 is 41.4 Å². The summed E-state index contributed by atoms with van der Waals surface area (Å²) in [6.45, 7) is 2.70. The van der Waals surface area contributed by atoms with E-state index in [9.17, 15) is 24.3 Å². The minimum absolute atomic E-state index is 0.0231. The van der Waals surface area contributed by atoms with Crippen molar-refractivity contribution in [2.75, 3.05) is 13.2 Å². The van der Waals surface area contributed by atoms with Crippen molar-refractivity contribution >= 4 is 23.8 Å². The molecule has 11 nitrogen and oxygen atoms in total. The van der Waals surface area contributed by atoms with Crippen molar-refractivity contribution in [2.45, 2.75) is 45.3 Å². The average Bonchev–Trinajstić information content (AvgIpc) is 2.51. The van der Waals surface area contributed by atoms with Crippen LogP contribution in [0.5, 0.6) is 0 Å². The van der Waals surface area contributed by atoms with E-state index in [1.807, 2.05) is 0 Å². The molecular weight excluding hydrogens is 340 g/mol. The molecule has 0 spiro atoms. The Kier molecular flexibility index (Phi) is 12.2. The summed E-state index contributed by atoms with van der Waals surface area (Å²) >= 11 is 0. The molecule has 0 aromatic carbocycles. The van der Waals surface area contributed by atoms with Crippen LogP contribution in [0.15, 0.2) is 0 Å². The summed E-state index contributed by atoms with van der Waals surface area (Å²) in [5.74, 6) is -3.89. The number of aliphatic carboxylic acids is 3. The molecule has 0 aromatic heterocycles. The number of nitrogens with two attached hydrogens (primary N) is 1. The zero-order chi connectivity index (χ0) is 20.2. The molecule has 11 heteroatoms. The number of hydrogen-bond acceptors (Lipinski definition) is 7. The van der Waals surface area contributed by atoms with Gasteiger partial charge in [-0.15, -0.1) is 0 Å². The predicted molar refractivity (Wildman–Crippen MR) is 84.6 cm³/mol. The third-order valence-electron chi connectivity index (χ3n) is 3.02. The van der Waals surface area contributed by atoms with Crippen LogP contribution in [0.2, 0.25) is 0 Å². The maximum atomic E-state index is 11.3. The first-order chi connectivity index (χ1) is 11.3. The summed E-state index contributed by atoms with van der Waals surface area (Å²) in [6.07, 6.45) is -1.77. The number of rotatable bonds is 10. The van der Waals surface area contributed by atoms with Gasteiger partial charge in [0.25, 0.3) is 0 Å². The van der Waals surface area contributed by atoms with Crippen LogP contribution < -0.4 is 11.1 Å². The smallest absolute Gasteiger partial charge is 0.320 e. The van der Waals surface area contributed by atoms with Crippen LogP contribution >= 0.6 is 0 Å². The zero-order valence-corrected chi connectivity index (χ0v) is 14.1. The fourth-order valence-electron chi connectivity index (χ4n) is 1.23. The monoisotopic (exact) mass is 366 g/mol. The van der Waals surface area contributed by atoms with Crippen LogP contribution in [-0.2, 0) is 19.2 Å². The molecule has 0 fully saturated rings. The van der Waals surface area contributed by atoms with Gasteiger partial charge in [-0.3, -0.25) is 19.2 Å². The van der Waals surface area contributed by atoms with E-state index in [1.165, 1.54) is 13.8 Å². The Labute approximate surface area is 144 Å². The Hall–Kier alpha value is -2.24. The van der Waals surface area contributed by atoms with Crippen molar-refractivity contribution in [3.8, 4) is 0 Å². The molecule has 0 aliphatic carbocycles. The quantitative estimate of drug-likeness (QED) is 0.231. The second-order valence-electron chi connectivity index (χ2n) is 5.86. The Balaban J connectivity index is 0. The van der Waals surface area contributed by atoms with Gasteiger partial charge in [0.05, 0.1) is 13.0 Å². The lowest BCUT2D eigenvalue weighted by molar-refractivity contribution is -0.141. The summed E-state index contributed by atoms with van der Waals surface area (Å²) in [7, 11) is 0. The summed E-state index contributed by atoms with van der Waals surface area (Å²) in [5.41, 5.74) is 4.06. The summed E-state index contributed by atoms with van der Waals surface area (Å²) in [6, 6.07) is -1.06. The Morgan fingerprint density at radius 1 is 1.04 bits per heavy atom. The molecule has 0 aliphatic heterocycles.